The van der Waals surface area contributed by atoms with Gasteiger partial charge in [0.15, 0.2) is 0 Å². The maximum Gasteiger partial charge on any atom is 0.301 e. The molecule has 2 rings (SSSR count). The van der Waals surface area contributed by atoms with Crippen LogP contribution in [0.3, 0.4) is 0 Å². The molecule has 0 aliphatic rings. The summed E-state index contributed by atoms with van der Waals surface area (Å²) in [6.45, 7) is 0. The first-order chi connectivity index (χ1) is 6.61. The summed E-state index contributed by atoms with van der Waals surface area (Å²) in [5.41, 5.74) is 0.162. The van der Waals surface area contributed by atoms with E-state index in [4.69, 9.17) is 0 Å². The van der Waals surface area contributed by atoms with Crippen LogP contribution in [-0.2, 0) is 0 Å². The standard InChI is InChI=1S/C8H3BrINO2S/c9-5-3-6(10)4-1-2-14-8(4)7(5)11(12)13/h1-3H. The zero-order valence-electron chi connectivity index (χ0n) is 6.66. The van der Waals surface area contributed by atoms with E-state index in [9.17, 15) is 10.1 Å². The Kier molecular flexibility index (Phi) is 2.76. The van der Waals surface area contributed by atoms with Gasteiger partial charge in [-0.3, -0.25) is 10.1 Å². The maximum absolute atomic E-state index is 10.8. The predicted molar refractivity (Wildman–Crippen MR) is 68.9 cm³/mol. The van der Waals surface area contributed by atoms with Crippen LogP contribution in [0.1, 0.15) is 0 Å². The summed E-state index contributed by atoms with van der Waals surface area (Å²) < 4.78 is 2.30. The normalized spacial score (nSPS) is 10.7. The summed E-state index contributed by atoms with van der Waals surface area (Å²) in [5.74, 6) is 0. The molecule has 0 bridgehead atoms. The molecule has 0 unspecified atom stereocenters. The van der Waals surface area contributed by atoms with Crippen molar-refractivity contribution in [3.05, 3.63) is 35.7 Å². The molecule has 0 amide bonds. The summed E-state index contributed by atoms with van der Waals surface area (Å²) in [5, 5.41) is 13.6. The minimum atomic E-state index is -0.348. The second kappa shape index (κ2) is 3.74. The molecule has 0 spiro atoms. The number of rotatable bonds is 1. The van der Waals surface area contributed by atoms with E-state index in [-0.39, 0.29) is 10.6 Å². The topological polar surface area (TPSA) is 43.1 Å². The number of fused-ring (bicyclic) bond motifs is 1. The van der Waals surface area contributed by atoms with Crippen molar-refractivity contribution in [3.63, 3.8) is 0 Å². The van der Waals surface area contributed by atoms with Crippen LogP contribution in [-0.4, -0.2) is 4.92 Å². The zero-order chi connectivity index (χ0) is 10.3. The predicted octanol–water partition coefficient (Wildman–Crippen LogP) is 4.18. The Morgan fingerprint density at radius 2 is 2.29 bits per heavy atom. The number of nitro groups is 1. The molecule has 1 aromatic carbocycles. The van der Waals surface area contributed by atoms with Gasteiger partial charge in [0.05, 0.1) is 9.40 Å². The third-order valence-corrected chi connectivity index (χ3v) is 4.22. The fraction of sp³-hybridized carbons (Fsp3) is 0. The van der Waals surface area contributed by atoms with Crippen LogP contribution in [0.15, 0.2) is 22.0 Å². The Morgan fingerprint density at radius 1 is 1.57 bits per heavy atom. The summed E-state index contributed by atoms with van der Waals surface area (Å²) in [7, 11) is 0. The summed E-state index contributed by atoms with van der Waals surface area (Å²) in [4.78, 5) is 10.5. The van der Waals surface area contributed by atoms with E-state index in [1.807, 2.05) is 11.4 Å². The fourth-order valence-corrected chi connectivity index (χ4v) is 4.23. The fourth-order valence-electron chi connectivity index (χ4n) is 1.22. The molecule has 0 atom stereocenters. The van der Waals surface area contributed by atoms with Gasteiger partial charge in [0.1, 0.15) is 4.70 Å². The average Bonchev–Trinajstić information content (AvgIpc) is 2.51. The number of halogens is 2. The third-order valence-electron chi connectivity index (χ3n) is 1.80. The number of benzene rings is 1. The highest BCUT2D eigenvalue weighted by Gasteiger charge is 2.19. The molecule has 0 radical (unpaired) electrons. The zero-order valence-corrected chi connectivity index (χ0v) is 11.2. The molecule has 0 fully saturated rings. The molecule has 6 heteroatoms. The third kappa shape index (κ3) is 1.55. The van der Waals surface area contributed by atoms with Crippen LogP contribution in [0.5, 0.6) is 0 Å². The van der Waals surface area contributed by atoms with Gasteiger partial charge in [-0.15, -0.1) is 11.3 Å². The van der Waals surface area contributed by atoms with Crippen LogP contribution in [0.4, 0.5) is 5.69 Å². The molecule has 14 heavy (non-hydrogen) atoms. The molecular formula is C8H3BrINO2S. The second-order valence-electron chi connectivity index (χ2n) is 2.61. The number of hydrogen-bond donors (Lipinski definition) is 0. The van der Waals surface area contributed by atoms with E-state index in [0.717, 1.165) is 13.7 Å². The molecule has 0 N–H and O–H groups in total. The molecule has 0 saturated carbocycles. The van der Waals surface area contributed by atoms with E-state index < -0.39 is 0 Å². The second-order valence-corrected chi connectivity index (χ2v) is 5.54. The maximum atomic E-state index is 10.8. The Balaban J connectivity index is 2.93. The van der Waals surface area contributed by atoms with E-state index >= 15 is 0 Å². The SMILES string of the molecule is O=[N+]([O-])c1c(Br)cc(I)c2ccsc12. The van der Waals surface area contributed by atoms with Gasteiger partial charge in [0.25, 0.3) is 0 Å². The van der Waals surface area contributed by atoms with Crippen LogP contribution < -0.4 is 0 Å². The average molecular weight is 384 g/mol. The van der Waals surface area contributed by atoms with Gasteiger partial charge >= 0.3 is 5.69 Å². The van der Waals surface area contributed by atoms with Crippen molar-refractivity contribution in [2.75, 3.05) is 0 Å². The highest BCUT2D eigenvalue weighted by atomic mass is 127. The largest absolute Gasteiger partial charge is 0.301 e. The lowest BCUT2D eigenvalue weighted by Crippen LogP contribution is -1.90. The van der Waals surface area contributed by atoms with Crippen molar-refractivity contribution in [3.8, 4) is 0 Å². The first-order valence-electron chi connectivity index (χ1n) is 3.61. The van der Waals surface area contributed by atoms with Gasteiger partial charge in [-0.25, -0.2) is 0 Å². The highest BCUT2D eigenvalue weighted by Crippen LogP contribution is 2.39. The molecular weight excluding hydrogens is 381 g/mol. The quantitative estimate of drug-likeness (QED) is 0.421. The van der Waals surface area contributed by atoms with Crippen LogP contribution in [0.2, 0.25) is 0 Å². The van der Waals surface area contributed by atoms with Gasteiger partial charge in [-0.1, -0.05) is 0 Å². The summed E-state index contributed by atoms with van der Waals surface area (Å²) >= 11 is 6.78. The summed E-state index contributed by atoms with van der Waals surface area (Å²) in [6, 6.07) is 3.68. The summed E-state index contributed by atoms with van der Waals surface area (Å²) in [6.07, 6.45) is 0. The smallest absolute Gasteiger partial charge is 0.258 e. The van der Waals surface area contributed by atoms with E-state index in [2.05, 4.69) is 38.5 Å². The van der Waals surface area contributed by atoms with Crippen molar-refractivity contribution >= 4 is 65.6 Å². The Labute approximate surface area is 106 Å². The lowest BCUT2D eigenvalue weighted by molar-refractivity contribution is -0.383. The van der Waals surface area contributed by atoms with Crippen LogP contribution in [0, 0.1) is 13.7 Å². The Bertz CT molecular complexity index is 525. The molecule has 0 saturated heterocycles. The molecule has 0 aliphatic heterocycles. The van der Waals surface area contributed by atoms with Crippen molar-refractivity contribution in [2.24, 2.45) is 0 Å². The Hall–Kier alpha value is -0.210. The van der Waals surface area contributed by atoms with E-state index in [1.54, 1.807) is 6.07 Å². The highest BCUT2D eigenvalue weighted by molar-refractivity contribution is 14.1. The first kappa shape index (κ1) is 10.3. The van der Waals surface area contributed by atoms with Crippen LogP contribution in [0.25, 0.3) is 10.1 Å². The van der Waals surface area contributed by atoms with E-state index in [0.29, 0.717) is 4.47 Å². The van der Waals surface area contributed by atoms with Gasteiger partial charge in [-0.05, 0) is 56.0 Å². The number of nitrogens with zero attached hydrogens (tertiary/aromatic N) is 1. The number of thiophene rings is 1. The number of nitro benzene ring substituents is 1. The molecule has 2 aromatic rings. The van der Waals surface area contributed by atoms with Crippen LogP contribution >= 0.6 is 49.9 Å². The lowest BCUT2D eigenvalue weighted by atomic mass is 10.2. The molecule has 3 nitrogen and oxygen atoms in total. The van der Waals surface area contributed by atoms with Crippen molar-refractivity contribution in [1.29, 1.82) is 0 Å². The molecule has 1 aromatic heterocycles. The Morgan fingerprint density at radius 3 is 2.93 bits per heavy atom. The van der Waals surface area contributed by atoms with Gasteiger partial charge in [0.2, 0.25) is 0 Å². The van der Waals surface area contributed by atoms with Crippen molar-refractivity contribution in [1.82, 2.24) is 0 Å². The number of hydrogen-bond acceptors (Lipinski definition) is 3. The molecule has 1 heterocycles. The van der Waals surface area contributed by atoms with Crippen molar-refractivity contribution < 1.29 is 4.92 Å². The van der Waals surface area contributed by atoms with Gasteiger partial charge in [0, 0.05) is 8.96 Å². The molecule has 72 valence electrons. The van der Waals surface area contributed by atoms with E-state index in [1.165, 1.54) is 11.3 Å². The first-order valence-corrected chi connectivity index (χ1v) is 6.36. The van der Waals surface area contributed by atoms with Gasteiger partial charge in [-0.2, -0.15) is 0 Å². The lowest BCUT2D eigenvalue weighted by Gasteiger charge is -1.99. The van der Waals surface area contributed by atoms with Gasteiger partial charge < -0.3 is 0 Å². The molecule has 0 aliphatic carbocycles. The minimum Gasteiger partial charge on any atom is -0.258 e. The van der Waals surface area contributed by atoms with Crippen molar-refractivity contribution in [2.45, 2.75) is 0 Å². The minimum absolute atomic E-state index is 0.162. The monoisotopic (exact) mass is 383 g/mol.